The summed E-state index contributed by atoms with van der Waals surface area (Å²) < 4.78 is 34.7. The molecule has 2 aliphatic heterocycles. The van der Waals surface area contributed by atoms with Gasteiger partial charge in [0.2, 0.25) is 0 Å². The van der Waals surface area contributed by atoms with E-state index in [0.717, 1.165) is 0 Å². The number of hydrogen-bond donors (Lipinski definition) is 9. The second-order valence-corrected chi connectivity index (χ2v) is 9.36. The van der Waals surface area contributed by atoms with Crippen molar-refractivity contribution in [3.8, 4) is 0 Å². The van der Waals surface area contributed by atoms with Crippen LogP contribution >= 0.6 is 0 Å². The average molecular weight is 526 g/mol. The number of hydrogen-bond acceptors (Lipinski definition) is 15. The van der Waals surface area contributed by atoms with Crippen LogP contribution in [0.1, 0.15) is 13.3 Å². The van der Waals surface area contributed by atoms with E-state index in [-0.39, 0.29) is 26.1 Å². The zero-order chi connectivity index (χ0) is 26.6. The van der Waals surface area contributed by atoms with Crippen molar-refractivity contribution in [3.05, 3.63) is 0 Å². The third kappa shape index (κ3) is 6.33. The third-order valence-corrected chi connectivity index (χ3v) is 6.86. The van der Waals surface area contributed by atoms with Gasteiger partial charge in [0.25, 0.3) is 0 Å². The number of aliphatic hydroxyl groups is 4. The van der Waals surface area contributed by atoms with Gasteiger partial charge in [-0.25, -0.2) is 0 Å². The fourth-order valence-electron chi connectivity index (χ4n) is 4.94. The molecule has 8 unspecified atom stereocenters. The van der Waals surface area contributed by atoms with Gasteiger partial charge in [-0.05, 0) is 13.3 Å². The first-order valence-electron chi connectivity index (χ1n) is 12.3. The highest BCUT2D eigenvalue weighted by atomic mass is 16.7. The predicted molar refractivity (Wildman–Crippen MR) is 124 cm³/mol. The van der Waals surface area contributed by atoms with E-state index in [0.29, 0.717) is 6.61 Å². The molecule has 3 aliphatic rings. The summed E-state index contributed by atoms with van der Waals surface area (Å²) in [4.78, 5) is 0. The zero-order valence-corrected chi connectivity index (χ0v) is 20.5. The molecule has 15 nitrogen and oxygen atoms in total. The molecule has 0 aromatic rings. The van der Waals surface area contributed by atoms with Gasteiger partial charge in [0.05, 0.1) is 25.4 Å². The van der Waals surface area contributed by atoms with Gasteiger partial charge < -0.3 is 77.5 Å². The van der Waals surface area contributed by atoms with Crippen LogP contribution < -0.4 is 28.7 Å². The molecule has 14 N–H and O–H groups in total. The number of aliphatic hydroxyl groups excluding tert-OH is 4. The molecule has 14 atom stereocenters. The molecule has 0 spiro atoms. The molecular weight excluding hydrogens is 482 g/mol. The highest BCUT2D eigenvalue weighted by Gasteiger charge is 2.52. The maximum absolute atomic E-state index is 10.9. The summed E-state index contributed by atoms with van der Waals surface area (Å²) in [5.41, 5.74) is 29.9. The molecule has 0 aromatic heterocycles. The Morgan fingerprint density at radius 2 is 1.42 bits per heavy atom. The molecule has 0 radical (unpaired) electrons. The molecule has 212 valence electrons. The summed E-state index contributed by atoms with van der Waals surface area (Å²) in [6.07, 6.45) is -11.4. The van der Waals surface area contributed by atoms with Crippen molar-refractivity contribution in [2.24, 2.45) is 28.7 Å². The van der Waals surface area contributed by atoms with E-state index in [9.17, 15) is 20.4 Å². The normalized spacial score (nSPS) is 47.8. The third-order valence-electron chi connectivity index (χ3n) is 6.86. The SMILES string of the molecule is CCO[C@@H]1C(CN)O[C@H](O[C@@H]2C(N)C[C@@H](N)C(O)C2O[C@@H]2O[C@H](CO)C(OCCN)C2O)C(N)C1O. The Hall–Kier alpha value is -0.600. The van der Waals surface area contributed by atoms with Crippen LogP contribution in [0.15, 0.2) is 0 Å². The first kappa shape index (κ1) is 29.9. The van der Waals surface area contributed by atoms with Gasteiger partial charge in [-0.2, -0.15) is 0 Å². The molecule has 2 heterocycles. The summed E-state index contributed by atoms with van der Waals surface area (Å²) in [5, 5.41) is 42.0. The second kappa shape index (κ2) is 13.5. The molecule has 3 fully saturated rings. The summed E-state index contributed by atoms with van der Waals surface area (Å²) in [6.45, 7) is 2.02. The molecule has 0 aromatic carbocycles. The van der Waals surface area contributed by atoms with Crippen LogP contribution in [-0.2, 0) is 28.4 Å². The topological polar surface area (TPSA) is 266 Å². The molecule has 3 rings (SSSR count). The van der Waals surface area contributed by atoms with E-state index in [1.807, 2.05) is 0 Å². The predicted octanol–water partition coefficient (Wildman–Crippen LogP) is -5.63. The Labute approximate surface area is 210 Å². The summed E-state index contributed by atoms with van der Waals surface area (Å²) in [5.74, 6) is 0. The van der Waals surface area contributed by atoms with E-state index in [1.54, 1.807) is 6.92 Å². The van der Waals surface area contributed by atoms with Crippen molar-refractivity contribution in [1.82, 2.24) is 0 Å². The van der Waals surface area contributed by atoms with E-state index in [4.69, 9.17) is 57.1 Å². The van der Waals surface area contributed by atoms with Gasteiger partial charge in [-0.3, -0.25) is 0 Å². The van der Waals surface area contributed by atoms with Gasteiger partial charge in [-0.1, -0.05) is 0 Å². The molecule has 0 bridgehead atoms. The van der Waals surface area contributed by atoms with Crippen LogP contribution in [0.25, 0.3) is 0 Å². The molecule has 1 aliphatic carbocycles. The highest BCUT2D eigenvalue weighted by Crippen LogP contribution is 2.33. The average Bonchev–Trinajstić information content (AvgIpc) is 3.16. The molecule has 2 saturated heterocycles. The van der Waals surface area contributed by atoms with Crippen molar-refractivity contribution in [3.63, 3.8) is 0 Å². The summed E-state index contributed by atoms with van der Waals surface area (Å²) >= 11 is 0. The monoisotopic (exact) mass is 525 g/mol. The quantitative estimate of drug-likeness (QED) is 0.122. The van der Waals surface area contributed by atoms with E-state index in [1.165, 1.54) is 0 Å². The lowest BCUT2D eigenvalue weighted by Gasteiger charge is -2.47. The smallest absolute Gasteiger partial charge is 0.187 e. The van der Waals surface area contributed by atoms with Crippen molar-refractivity contribution < 1.29 is 48.8 Å². The summed E-state index contributed by atoms with van der Waals surface area (Å²) in [7, 11) is 0. The van der Waals surface area contributed by atoms with Crippen molar-refractivity contribution in [2.45, 2.75) is 99.0 Å². The minimum atomic E-state index is -1.31. The molecular formula is C21H43N5O10. The van der Waals surface area contributed by atoms with Gasteiger partial charge >= 0.3 is 0 Å². The van der Waals surface area contributed by atoms with Crippen LogP contribution in [0.2, 0.25) is 0 Å². The Bertz CT molecular complexity index is 669. The van der Waals surface area contributed by atoms with Crippen LogP contribution in [0.4, 0.5) is 0 Å². The molecule has 1 saturated carbocycles. The van der Waals surface area contributed by atoms with E-state index in [2.05, 4.69) is 0 Å². The molecule has 36 heavy (non-hydrogen) atoms. The van der Waals surface area contributed by atoms with Crippen LogP contribution in [-0.4, -0.2) is 139 Å². The number of nitrogens with two attached hydrogens (primary N) is 5. The lowest BCUT2D eigenvalue weighted by Crippen LogP contribution is -2.68. The zero-order valence-electron chi connectivity index (χ0n) is 20.5. The fourth-order valence-corrected chi connectivity index (χ4v) is 4.94. The number of ether oxygens (including phenoxy) is 6. The first-order chi connectivity index (χ1) is 17.2. The second-order valence-electron chi connectivity index (χ2n) is 9.36. The first-order valence-corrected chi connectivity index (χ1v) is 12.3. The van der Waals surface area contributed by atoms with Crippen LogP contribution in [0, 0.1) is 0 Å². The van der Waals surface area contributed by atoms with Gasteiger partial charge in [0.1, 0.15) is 48.8 Å². The maximum atomic E-state index is 10.9. The Morgan fingerprint density at radius 3 is 2.03 bits per heavy atom. The standard InChI is InChI=1S/C21H43N5O10/c1-2-31-17-10(6-23)33-20(12(26)14(17)29)35-16-9(25)5-8(24)13(28)19(16)36-21-15(30)18(32-4-3-22)11(7-27)34-21/h8-21,27-30H,2-7,22-26H2,1H3/t8-,9?,10?,11-,12?,13?,14?,15?,16-,17-,18?,19?,20-,21+/m1/s1. The largest absolute Gasteiger partial charge is 0.394 e. The van der Waals surface area contributed by atoms with Gasteiger partial charge in [-0.15, -0.1) is 0 Å². The van der Waals surface area contributed by atoms with Crippen LogP contribution in [0.3, 0.4) is 0 Å². The van der Waals surface area contributed by atoms with Gasteiger partial charge in [0.15, 0.2) is 12.6 Å². The molecule has 15 heteroatoms. The van der Waals surface area contributed by atoms with Gasteiger partial charge in [0, 0.05) is 31.8 Å². The van der Waals surface area contributed by atoms with E-state index >= 15 is 0 Å². The Balaban J connectivity index is 1.77. The number of rotatable bonds is 11. The van der Waals surface area contributed by atoms with Crippen molar-refractivity contribution in [2.75, 3.05) is 32.9 Å². The van der Waals surface area contributed by atoms with Crippen molar-refractivity contribution in [1.29, 1.82) is 0 Å². The lowest BCUT2D eigenvalue weighted by atomic mass is 9.84. The molecule has 0 amide bonds. The van der Waals surface area contributed by atoms with Crippen LogP contribution in [0.5, 0.6) is 0 Å². The minimum Gasteiger partial charge on any atom is -0.394 e. The Morgan fingerprint density at radius 1 is 0.778 bits per heavy atom. The lowest BCUT2D eigenvalue weighted by molar-refractivity contribution is -0.309. The van der Waals surface area contributed by atoms with Crippen molar-refractivity contribution >= 4 is 0 Å². The Kier molecular flexibility index (Phi) is 11.2. The highest BCUT2D eigenvalue weighted by molar-refractivity contribution is 5.01. The fraction of sp³-hybridized carbons (Fsp3) is 1.00. The maximum Gasteiger partial charge on any atom is 0.187 e. The summed E-state index contributed by atoms with van der Waals surface area (Å²) in [6, 6.07) is -2.50. The minimum absolute atomic E-state index is 0.0350. The van der Waals surface area contributed by atoms with E-state index < -0.39 is 92.2 Å².